The van der Waals surface area contributed by atoms with E-state index >= 15 is 0 Å². The van der Waals surface area contributed by atoms with Gasteiger partial charge in [0.15, 0.2) is 0 Å². The van der Waals surface area contributed by atoms with E-state index in [4.69, 9.17) is 25.9 Å². The Balaban J connectivity index is 0.000000177. The van der Waals surface area contributed by atoms with Crippen molar-refractivity contribution >= 4 is 69.3 Å². The van der Waals surface area contributed by atoms with Gasteiger partial charge in [0.1, 0.15) is 0 Å². The summed E-state index contributed by atoms with van der Waals surface area (Å²) >= 11 is 0. The second-order valence-electron chi connectivity index (χ2n) is 17.4. The molecule has 354 valence electrons. The monoisotopic (exact) mass is 933 g/mol. The molecule has 0 atom stereocenters. The van der Waals surface area contributed by atoms with Crippen LogP contribution in [0.4, 0.5) is 22.7 Å². The van der Waals surface area contributed by atoms with Crippen molar-refractivity contribution < 1.29 is 29.4 Å². The third-order valence-electron chi connectivity index (χ3n) is 12.3. The van der Waals surface area contributed by atoms with E-state index in [0.29, 0.717) is 49.9 Å². The average molecular weight is 934 g/mol. The number of nitrogens with two attached hydrogens (primary N) is 1. The van der Waals surface area contributed by atoms with Crippen LogP contribution in [0.15, 0.2) is 141 Å². The predicted molar refractivity (Wildman–Crippen MR) is 277 cm³/mol. The van der Waals surface area contributed by atoms with E-state index in [9.17, 15) is 19.2 Å². The molecular weight excluding hydrogens is 879 g/mol. The average Bonchev–Trinajstić information content (AvgIpc) is 4.21. The largest absolute Gasteiger partial charge is 0.478 e. The molecule has 0 saturated heterocycles. The standard InChI is InChI=1S/C30H30N4O2.C24H16N2O4.C3H9N/c1-3-13-31-29(35)21-9-11-25-23(15-21)17-27(33-25)19-5-7-20(8-6-19)28-18-24-16-22(10-12-26(24)34-28)30(36)32-14-4-2;27-23(28)15-5-7-19-17(9-15)11-21(25-19)13-1-2-14(4-3-13)22-12-18-10-16(24(29)30)6-8-20(18)26-22;1-2-3-4/h5-12,15-16H,3-4,13-14,17-18H2,1-2H3,(H,31,35)(H,32,36);1-10H,11-12H2,(H,27,28)(H,29,30);2-4H2,1H3. The zero-order valence-corrected chi connectivity index (χ0v) is 39.5. The number of benzene rings is 6. The maximum absolute atomic E-state index is 12.3. The number of rotatable bonds is 13. The molecule has 0 radical (unpaired) electrons. The smallest absolute Gasteiger partial charge is 0.335 e. The van der Waals surface area contributed by atoms with Crippen LogP contribution in [-0.4, -0.2) is 76.4 Å². The highest BCUT2D eigenvalue weighted by molar-refractivity contribution is 6.11. The van der Waals surface area contributed by atoms with Crippen LogP contribution in [0, 0.1) is 0 Å². The third-order valence-corrected chi connectivity index (χ3v) is 12.3. The topological polar surface area (TPSA) is 208 Å². The Labute approximate surface area is 407 Å². The number of fused-ring (bicyclic) bond motifs is 4. The number of carbonyl (C=O) groups is 4. The van der Waals surface area contributed by atoms with Crippen LogP contribution in [0.1, 0.15) is 126 Å². The lowest BCUT2D eigenvalue weighted by atomic mass is 9.98. The molecule has 0 unspecified atom stereocenters. The fourth-order valence-electron chi connectivity index (χ4n) is 8.41. The molecule has 6 aromatic carbocycles. The van der Waals surface area contributed by atoms with Crippen LogP contribution in [0.25, 0.3) is 0 Å². The molecule has 13 nitrogen and oxygen atoms in total. The number of carboxylic acids is 2. The van der Waals surface area contributed by atoms with Gasteiger partial charge in [-0.1, -0.05) is 69.3 Å². The Morgan fingerprint density at radius 3 is 0.929 bits per heavy atom. The van der Waals surface area contributed by atoms with Gasteiger partial charge in [-0.05, 0) is 143 Å². The Bertz CT molecular complexity index is 2920. The van der Waals surface area contributed by atoms with Gasteiger partial charge in [0.25, 0.3) is 11.8 Å². The molecule has 0 spiro atoms. The van der Waals surface area contributed by atoms with Gasteiger partial charge in [0.05, 0.1) is 56.7 Å². The number of carboxylic acid groups (broad SMARTS) is 2. The van der Waals surface area contributed by atoms with Crippen molar-refractivity contribution in [1.82, 2.24) is 10.6 Å². The van der Waals surface area contributed by atoms with Crippen LogP contribution < -0.4 is 16.4 Å². The van der Waals surface area contributed by atoms with E-state index in [0.717, 1.165) is 116 Å². The summed E-state index contributed by atoms with van der Waals surface area (Å²) in [5, 5.41) is 24.2. The molecule has 6 N–H and O–H groups in total. The molecule has 0 fully saturated rings. The second kappa shape index (κ2) is 21.9. The maximum Gasteiger partial charge on any atom is 0.335 e. The van der Waals surface area contributed by atoms with Gasteiger partial charge in [-0.3, -0.25) is 29.6 Å². The Kier molecular flexibility index (Phi) is 15.1. The quantitative estimate of drug-likeness (QED) is 0.0756. The molecule has 2 amide bonds. The van der Waals surface area contributed by atoms with Gasteiger partial charge in [-0.25, -0.2) is 9.59 Å². The van der Waals surface area contributed by atoms with Crippen molar-refractivity contribution in [2.24, 2.45) is 25.7 Å². The molecule has 4 aliphatic rings. The first-order valence-electron chi connectivity index (χ1n) is 23.7. The highest BCUT2D eigenvalue weighted by atomic mass is 16.4. The van der Waals surface area contributed by atoms with Crippen LogP contribution in [-0.2, 0) is 25.7 Å². The maximum atomic E-state index is 12.3. The van der Waals surface area contributed by atoms with Crippen LogP contribution in [0.3, 0.4) is 0 Å². The van der Waals surface area contributed by atoms with E-state index < -0.39 is 11.9 Å². The first kappa shape index (κ1) is 48.3. The molecule has 0 bridgehead atoms. The van der Waals surface area contributed by atoms with E-state index in [-0.39, 0.29) is 22.9 Å². The summed E-state index contributed by atoms with van der Waals surface area (Å²) in [6, 6.07) is 37.8. The fraction of sp³-hybridized carbons (Fsp3) is 0.228. The van der Waals surface area contributed by atoms with E-state index in [1.807, 2.05) is 74.5 Å². The zero-order chi connectivity index (χ0) is 49.3. The van der Waals surface area contributed by atoms with E-state index in [1.54, 1.807) is 36.4 Å². The Hall–Kier alpha value is -8.16. The van der Waals surface area contributed by atoms with Gasteiger partial charge >= 0.3 is 11.9 Å². The summed E-state index contributed by atoms with van der Waals surface area (Å²) in [7, 11) is 0. The van der Waals surface area contributed by atoms with Crippen LogP contribution >= 0.6 is 0 Å². The third kappa shape index (κ3) is 11.1. The van der Waals surface area contributed by atoms with Crippen LogP contribution in [0.2, 0.25) is 0 Å². The lowest BCUT2D eigenvalue weighted by Crippen LogP contribution is -2.23. The number of aromatic carboxylic acids is 2. The molecule has 70 heavy (non-hydrogen) atoms. The number of amides is 2. The van der Waals surface area contributed by atoms with E-state index in [2.05, 4.69) is 51.8 Å². The fourth-order valence-corrected chi connectivity index (χ4v) is 8.41. The SMILES string of the molecule is CCCN.CCCNC(=O)c1ccc2c(c1)CC(c1ccc(C3=Nc4ccc(C(=O)NCCC)cc4C3)cc1)=N2.O=C(O)c1ccc2c(c1)CC(c1ccc(C3=Nc4ccc(C(=O)O)cc4C3)cc1)=N2. The van der Waals surface area contributed by atoms with Crippen molar-refractivity contribution in [3.05, 3.63) is 188 Å². The summed E-state index contributed by atoms with van der Waals surface area (Å²) < 4.78 is 0. The molecule has 10 rings (SSSR count). The van der Waals surface area contributed by atoms with Gasteiger partial charge in [-0.2, -0.15) is 0 Å². The molecular formula is C57H55N7O6. The lowest BCUT2D eigenvalue weighted by Gasteiger charge is -2.06. The number of carbonyl (C=O) groups excluding carboxylic acids is 2. The van der Waals surface area contributed by atoms with Gasteiger partial charge in [0.2, 0.25) is 0 Å². The molecule has 0 saturated carbocycles. The first-order valence-corrected chi connectivity index (χ1v) is 23.7. The second-order valence-corrected chi connectivity index (χ2v) is 17.4. The molecule has 0 aromatic heterocycles. The molecule has 0 aliphatic carbocycles. The van der Waals surface area contributed by atoms with E-state index in [1.165, 1.54) is 0 Å². The van der Waals surface area contributed by atoms with Gasteiger partial charge < -0.3 is 26.6 Å². The lowest BCUT2D eigenvalue weighted by molar-refractivity contribution is 0.0686. The number of hydrogen-bond donors (Lipinski definition) is 5. The number of nitrogens with one attached hydrogen (secondary N) is 2. The highest BCUT2D eigenvalue weighted by Gasteiger charge is 2.23. The Morgan fingerprint density at radius 2 is 0.686 bits per heavy atom. The minimum atomic E-state index is -0.940. The van der Waals surface area contributed by atoms with Crippen molar-refractivity contribution in [1.29, 1.82) is 0 Å². The van der Waals surface area contributed by atoms with Crippen LogP contribution in [0.5, 0.6) is 0 Å². The zero-order valence-electron chi connectivity index (χ0n) is 39.5. The minimum Gasteiger partial charge on any atom is -0.478 e. The first-order chi connectivity index (χ1) is 33.9. The van der Waals surface area contributed by atoms with Gasteiger partial charge in [0, 0.05) is 49.9 Å². The molecule has 4 aliphatic heterocycles. The van der Waals surface area contributed by atoms with Crippen molar-refractivity contribution in [2.75, 3.05) is 19.6 Å². The number of aliphatic imine (C=N–C) groups is 4. The summed E-state index contributed by atoms with van der Waals surface area (Å²) in [5.74, 6) is -1.96. The normalized spacial score (nSPS) is 13.4. The van der Waals surface area contributed by atoms with Crippen molar-refractivity contribution in [3.8, 4) is 0 Å². The molecule has 13 heteroatoms. The Morgan fingerprint density at radius 1 is 0.429 bits per heavy atom. The predicted octanol–water partition coefficient (Wildman–Crippen LogP) is 10.1. The highest BCUT2D eigenvalue weighted by Crippen LogP contribution is 2.34. The van der Waals surface area contributed by atoms with Gasteiger partial charge in [-0.15, -0.1) is 0 Å². The number of nitrogens with zero attached hydrogens (tertiary/aromatic N) is 4. The molecule has 6 aromatic rings. The van der Waals surface area contributed by atoms with Crippen molar-refractivity contribution in [3.63, 3.8) is 0 Å². The number of hydrogen-bond acceptors (Lipinski definition) is 9. The summed E-state index contributed by atoms with van der Waals surface area (Å²) in [5.41, 5.74) is 22.3. The minimum absolute atomic E-state index is 0.0375. The summed E-state index contributed by atoms with van der Waals surface area (Å²) in [4.78, 5) is 65.9. The van der Waals surface area contributed by atoms with Crippen molar-refractivity contribution in [2.45, 2.75) is 65.7 Å². The summed E-state index contributed by atoms with van der Waals surface area (Å²) in [6.07, 6.45) is 5.53. The molecule has 4 heterocycles. The summed E-state index contributed by atoms with van der Waals surface area (Å²) in [6.45, 7) is 8.31.